The Hall–Kier alpha value is -1.02. The summed E-state index contributed by atoms with van der Waals surface area (Å²) in [6.07, 6.45) is 2.73. The van der Waals surface area contributed by atoms with Crippen LogP contribution in [-0.4, -0.2) is 39.0 Å². The molecule has 2 rings (SSSR count). The third kappa shape index (κ3) is 6.12. The third-order valence-corrected chi connectivity index (χ3v) is 4.91. The number of benzene rings is 1. The number of halogens is 2. The van der Waals surface area contributed by atoms with Crippen LogP contribution < -0.4 is 15.8 Å². The van der Waals surface area contributed by atoms with Gasteiger partial charge >= 0.3 is 0 Å². The summed E-state index contributed by atoms with van der Waals surface area (Å²) in [5, 5.41) is 3.46. The molecule has 2 unspecified atom stereocenters. The van der Waals surface area contributed by atoms with Crippen molar-refractivity contribution >= 4 is 39.8 Å². The fraction of sp³-hybridized carbons (Fsp3) is 0.533. The molecule has 1 amide bonds. The SMILES string of the molecule is CS(=O)(=O)CCC(N)C(=O)NC1CCCOc2cc(Cl)ccc21.Cl. The van der Waals surface area contributed by atoms with Crippen molar-refractivity contribution < 1.29 is 17.9 Å². The zero-order valence-corrected chi connectivity index (χ0v) is 15.7. The van der Waals surface area contributed by atoms with Crippen LogP contribution >= 0.6 is 24.0 Å². The van der Waals surface area contributed by atoms with E-state index in [0.29, 0.717) is 17.4 Å². The number of sulfone groups is 1. The molecule has 24 heavy (non-hydrogen) atoms. The minimum Gasteiger partial charge on any atom is -0.493 e. The van der Waals surface area contributed by atoms with Crippen LogP contribution in [-0.2, 0) is 14.6 Å². The molecule has 0 bridgehead atoms. The second-order valence-corrected chi connectivity index (χ2v) is 8.46. The first kappa shape index (κ1) is 21.0. The van der Waals surface area contributed by atoms with Crippen molar-refractivity contribution in [2.24, 2.45) is 5.73 Å². The summed E-state index contributed by atoms with van der Waals surface area (Å²) in [7, 11) is -3.14. The zero-order valence-electron chi connectivity index (χ0n) is 13.3. The van der Waals surface area contributed by atoms with E-state index in [1.807, 2.05) is 6.07 Å². The van der Waals surface area contributed by atoms with Gasteiger partial charge in [-0.1, -0.05) is 17.7 Å². The van der Waals surface area contributed by atoms with Gasteiger partial charge in [0.05, 0.1) is 24.4 Å². The predicted octanol–water partition coefficient (Wildman–Crippen LogP) is 1.85. The van der Waals surface area contributed by atoms with Gasteiger partial charge in [-0.25, -0.2) is 8.42 Å². The smallest absolute Gasteiger partial charge is 0.237 e. The van der Waals surface area contributed by atoms with Crippen LogP contribution in [0.25, 0.3) is 0 Å². The molecule has 6 nitrogen and oxygen atoms in total. The average Bonchev–Trinajstić information content (AvgIpc) is 2.66. The van der Waals surface area contributed by atoms with E-state index in [-0.39, 0.29) is 36.5 Å². The molecule has 1 heterocycles. The van der Waals surface area contributed by atoms with Crippen molar-refractivity contribution in [2.75, 3.05) is 18.6 Å². The maximum atomic E-state index is 12.2. The molecule has 1 aliphatic rings. The third-order valence-electron chi connectivity index (χ3n) is 3.70. The zero-order chi connectivity index (χ0) is 17.0. The fourth-order valence-electron chi connectivity index (χ4n) is 2.45. The normalized spacial score (nSPS) is 18.4. The molecule has 0 saturated heterocycles. The second kappa shape index (κ2) is 8.89. The number of nitrogens with two attached hydrogens (primary N) is 1. The molecule has 0 saturated carbocycles. The van der Waals surface area contributed by atoms with E-state index in [4.69, 9.17) is 22.1 Å². The van der Waals surface area contributed by atoms with Gasteiger partial charge in [0, 0.05) is 16.8 Å². The summed E-state index contributed by atoms with van der Waals surface area (Å²) in [5.41, 5.74) is 6.65. The Balaban J connectivity index is 0.00000288. The van der Waals surface area contributed by atoms with Gasteiger partial charge in [-0.2, -0.15) is 0 Å². The number of nitrogens with one attached hydrogen (secondary N) is 1. The van der Waals surface area contributed by atoms with E-state index in [0.717, 1.165) is 24.7 Å². The maximum Gasteiger partial charge on any atom is 0.237 e. The summed E-state index contributed by atoms with van der Waals surface area (Å²) in [5.74, 6) is 0.188. The molecule has 136 valence electrons. The topological polar surface area (TPSA) is 98.5 Å². The quantitative estimate of drug-likeness (QED) is 0.790. The molecule has 2 atom stereocenters. The Morgan fingerprint density at radius 2 is 2.21 bits per heavy atom. The fourth-order valence-corrected chi connectivity index (χ4v) is 3.29. The molecule has 1 aromatic rings. The van der Waals surface area contributed by atoms with Crippen molar-refractivity contribution in [2.45, 2.75) is 31.3 Å². The lowest BCUT2D eigenvalue weighted by molar-refractivity contribution is -0.123. The highest BCUT2D eigenvalue weighted by Gasteiger charge is 2.24. The van der Waals surface area contributed by atoms with E-state index in [1.165, 1.54) is 0 Å². The van der Waals surface area contributed by atoms with Crippen molar-refractivity contribution in [1.82, 2.24) is 5.32 Å². The van der Waals surface area contributed by atoms with Gasteiger partial charge in [0.1, 0.15) is 15.6 Å². The Kier molecular flexibility index (Phi) is 7.79. The summed E-state index contributed by atoms with van der Waals surface area (Å²) in [4.78, 5) is 12.2. The van der Waals surface area contributed by atoms with Gasteiger partial charge in [0.25, 0.3) is 0 Å². The first-order chi connectivity index (χ1) is 10.8. The summed E-state index contributed by atoms with van der Waals surface area (Å²) < 4.78 is 28.0. The highest BCUT2D eigenvalue weighted by atomic mass is 35.5. The lowest BCUT2D eigenvalue weighted by atomic mass is 10.0. The number of ether oxygens (including phenoxy) is 1. The van der Waals surface area contributed by atoms with Crippen molar-refractivity contribution in [3.8, 4) is 5.75 Å². The summed E-state index contributed by atoms with van der Waals surface area (Å²) in [6, 6.07) is 4.23. The molecule has 0 aromatic heterocycles. The number of fused-ring (bicyclic) bond motifs is 1. The Bertz CT molecular complexity index is 682. The van der Waals surface area contributed by atoms with E-state index >= 15 is 0 Å². The van der Waals surface area contributed by atoms with Crippen LogP contribution in [0.15, 0.2) is 18.2 Å². The largest absolute Gasteiger partial charge is 0.493 e. The van der Waals surface area contributed by atoms with Crippen molar-refractivity contribution in [1.29, 1.82) is 0 Å². The molecule has 0 radical (unpaired) electrons. The van der Waals surface area contributed by atoms with Gasteiger partial charge in [-0.15, -0.1) is 12.4 Å². The number of hydrogen-bond acceptors (Lipinski definition) is 5. The Morgan fingerprint density at radius 3 is 2.88 bits per heavy atom. The average molecular weight is 397 g/mol. The predicted molar refractivity (Wildman–Crippen MR) is 96.6 cm³/mol. The molecule has 1 aromatic carbocycles. The number of rotatable bonds is 5. The van der Waals surface area contributed by atoms with E-state index in [2.05, 4.69) is 5.32 Å². The van der Waals surface area contributed by atoms with E-state index < -0.39 is 15.9 Å². The molecular weight excluding hydrogens is 375 g/mol. The minimum absolute atomic E-state index is 0. The molecule has 0 spiro atoms. The Labute approximate surface area is 153 Å². The van der Waals surface area contributed by atoms with Gasteiger partial charge < -0.3 is 15.8 Å². The molecular formula is C15H22Cl2N2O4S. The van der Waals surface area contributed by atoms with Crippen LogP contribution in [0.5, 0.6) is 5.75 Å². The number of carbonyl (C=O) groups excluding carboxylic acids is 1. The van der Waals surface area contributed by atoms with E-state index in [1.54, 1.807) is 12.1 Å². The highest BCUT2D eigenvalue weighted by Crippen LogP contribution is 2.33. The standard InChI is InChI=1S/C15H21ClN2O4S.ClH/c1-23(20,21)8-6-12(17)15(19)18-13-3-2-7-22-14-9-10(16)4-5-11(13)14;/h4-5,9,12-13H,2-3,6-8,17H2,1H3,(H,18,19);1H. The highest BCUT2D eigenvalue weighted by molar-refractivity contribution is 7.90. The van der Waals surface area contributed by atoms with Crippen LogP contribution in [0.2, 0.25) is 5.02 Å². The monoisotopic (exact) mass is 396 g/mol. The molecule has 0 aliphatic carbocycles. The van der Waals surface area contributed by atoms with Gasteiger partial charge in [-0.3, -0.25) is 4.79 Å². The second-order valence-electron chi connectivity index (χ2n) is 5.76. The minimum atomic E-state index is -3.14. The lowest BCUT2D eigenvalue weighted by Crippen LogP contribution is -2.43. The van der Waals surface area contributed by atoms with Crippen LogP contribution in [0.3, 0.4) is 0 Å². The van der Waals surface area contributed by atoms with Gasteiger partial charge in [0.2, 0.25) is 5.91 Å². The molecule has 3 N–H and O–H groups in total. The first-order valence-electron chi connectivity index (χ1n) is 7.42. The van der Waals surface area contributed by atoms with Gasteiger partial charge in [-0.05, 0) is 31.4 Å². The lowest BCUT2D eigenvalue weighted by Gasteiger charge is -2.21. The maximum absolute atomic E-state index is 12.2. The molecule has 0 fully saturated rings. The molecule has 9 heteroatoms. The van der Waals surface area contributed by atoms with Crippen molar-refractivity contribution in [3.63, 3.8) is 0 Å². The number of amides is 1. The Morgan fingerprint density at radius 1 is 1.50 bits per heavy atom. The number of hydrogen-bond donors (Lipinski definition) is 2. The van der Waals surface area contributed by atoms with Gasteiger partial charge in [0.15, 0.2) is 0 Å². The van der Waals surface area contributed by atoms with Crippen LogP contribution in [0, 0.1) is 0 Å². The summed E-state index contributed by atoms with van der Waals surface area (Å²) in [6.45, 7) is 0.555. The van der Waals surface area contributed by atoms with Crippen LogP contribution in [0.1, 0.15) is 30.9 Å². The summed E-state index contributed by atoms with van der Waals surface area (Å²) >= 11 is 5.97. The first-order valence-corrected chi connectivity index (χ1v) is 9.86. The number of carbonyl (C=O) groups is 1. The molecule has 1 aliphatic heterocycles. The van der Waals surface area contributed by atoms with Crippen LogP contribution in [0.4, 0.5) is 0 Å². The van der Waals surface area contributed by atoms with E-state index in [9.17, 15) is 13.2 Å². The van der Waals surface area contributed by atoms with Crippen molar-refractivity contribution in [3.05, 3.63) is 28.8 Å².